The summed E-state index contributed by atoms with van der Waals surface area (Å²) < 4.78 is 7.05. The lowest BCUT2D eigenvalue weighted by atomic mass is 10.1. The number of aromatic hydroxyl groups is 1. The van der Waals surface area contributed by atoms with Crippen molar-refractivity contribution in [3.8, 4) is 17.3 Å². The number of rotatable bonds is 1. The normalized spacial score (nSPS) is 12.6. The van der Waals surface area contributed by atoms with Crippen molar-refractivity contribution in [1.82, 2.24) is 9.55 Å². The smallest absolute Gasteiger partial charge is 0.234 e. The molecule has 0 unspecified atom stereocenters. The summed E-state index contributed by atoms with van der Waals surface area (Å²) in [5.74, 6) is 1.29. The van der Waals surface area contributed by atoms with E-state index in [1.807, 2.05) is 16.7 Å². The first-order valence-electron chi connectivity index (χ1n) is 5.51. The largest absolute Gasteiger partial charge is 0.495 e. The molecule has 0 fully saturated rings. The summed E-state index contributed by atoms with van der Waals surface area (Å²) in [6.45, 7) is 2.36. The summed E-state index contributed by atoms with van der Waals surface area (Å²) in [7, 11) is 1.59. The zero-order valence-corrected chi connectivity index (χ0v) is 10.7. The number of nitrogens with one attached hydrogen (secondary N) is 1. The second-order valence-corrected chi connectivity index (χ2v) is 4.49. The van der Waals surface area contributed by atoms with Gasteiger partial charge in [-0.1, -0.05) is 11.6 Å². The average Bonchev–Trinajstić information content (AvgIpc) is 2.66. The van der Waals surface area contributed by atoms with Crippen molar-refractivity contribution in [3.05, 3.63) is 28.4 Å². The average molecular weight is 266 g/mol. The van der Waals surface area contributed by atoms with E-state index in [1.54, 1.807) is 14.0 Å². The molecule has 2 aromatic rings. The molecule has 3 rings (SSSR count). The number of aromatic nitrogens is 2. The van der Waals surface area contributed by atoms with Crippen LogP contribution in [0.25, 0.3) is 5.69 Å². The highest BCUT2D eigenvalue weighted by atomic mass is 35.5. The number of ether oxygens (including phenoxy) is 1. The van der Waals surface area contributed by atoms with Crippen LogP contribution in [0.5, 0.6) is 11.6 Å². The highest BCUT2D eigenvalue weighted by molar-refractivity contribution is 6.33. The molecule has 5 nitrogen and oxygen atoms in total. The standard InChI is InChI=1S/C12H12ClN3O2/c1-6-11(17)15-12-14-5-7-8(16(6)12)3-4-9(18-2)10(7)13/h3-4,17H,5H2,1-2H3,(H,14,15). The van der Waals surface area contributed by atoms with Crippen molar-refractivity contribution in [2.75, 3.05) is 12.4 Å². The number of halogens is 1. The molecule has 0 radical (unpaired) electrons. The Morgan fingerprint density at radius 2 is 2.28 bits per heavy atom. The Hall–Kier alpha value is -1.88. The maximum atomic E-state index is 9.68. The fourth-order valence-corrected chi connectivity index (χ4v) is 2.50. The molecular formula is C12H12ClN3O2. The summed E-state index contributed by atoms with van der Waals surface area (Å²) in [6, 6.07) is 3.73. The van der Waals surface area contributed by atoms with Gasteiger partial charge in [-0.05, 0) is 19.1 Å². The molecule has 94 valence electrons. The molecular weight excluding hydrogens is 254 g/mol. The van der Waals surface area contributed by atoms with Gasteiger partial charge in [-0.3, -0.25) is 4.57 Å². The molecule has 0 atom stereocenters. The Bertz CT molecular complexity index is 637. The fraction of sp³-hybridized carbons (Fsp3) is 0.250. The van der Waals surface area contributed by atoms with E-state index in [0.29, 0.717) is 29.0 Å². The molecule has 1 aliphatic heterocycles. The zero-order chi connectivity index (χ0) is 12.9. The Labute approximate surface area is 109 Å². The number of benzene rings is 1. The molecule has 0 amide bonds. The number of methoxy groups -OCH3 is 1. The number of hydrogen-bond acceptors (Lipinski definition) is 4. The first-order valence-corrected chi connectivity index (χ1v) is 5.89. The quantitative estimate of drug-likeness (QED) is 0.832. The van der Waals surface area contributed by atoms with E-state index in [-0.39, 0.29) is 5.88 Å². The maximum Gasteiger partial charge on any atom is 0.234 e. The Morgan fingerprint density at radius 3 is 3.00 bits per heavy atom. The van der Waals surface area contributed by atoms with Crippen molar-refractivity contribution in [2.24, 2.45) is 0 Å². The van der Waals surface area contributed by atoms with E-state index in [0.717, 1.165) is 11.3 Å². The number of nitrogens with zero attached hydrogens (tertiary/aromatic N) is 2. The van der Waals surface area contributed by atoms with Crippen molar-refractivity contribution in [1.29, 1.82) is 0 Å². The van der Waals surface area contributed by atoms with Gasteiger partial charge in [0.1, 0.15) is 5.75 Å². The van der Waals surface area contributed by atoms with Crippen LogP contribution >= 0.6 is 11.6 Å². The molecule has 6 heteroatoms. The summed E-state index contributed by atoms with van der Waals surface area (Å²) in [4.78, 5) is 4.05. The predicted molar refractivity (Wildman–Crippen MR) is 68.9 cm³/mol. The second kappa shape index (κ2) is 3.81. The zero-order valence-electron chi connectivity index (χ0n) is 9.99. The minimum Gasteiger partial charge on any atom is -0.495 e. The lowest BCUT2D eigenvalue weighted by Gasteiger charge is -2.22. The molecule has 1 aromatic heterocycles. The van der Waals surface area contributed by atoms with Gasteiger partial charge in [0.15, 0.2) is 0 Å². The molecule has 0 saturated carbocycles. The number of fused-ring (bicyclic) bond motifs is 3. The van der Waals surface area contributed by atoms with Crippen LogP contribution < -0.4 is 10.1 Å². The molecule has 0 spiro atoms. The number of imidazole rings is 1. The van der Waals surface area contributed by atoms with Crippen LogP contribution in [0.15, 0.2) is 12.1 Å². The van der Waals surface area contributed by atoms with E-state index in [2.05, 4.69) is 10.3 Å². The number of hydrogen-bond donors (Lipinski definition) is 2. The van der Waals surface area contributed by atoms with E-state index in [9.17, 15) is 5.11 Å². The van der Waals surface area contributed by atoms with Crippen molar-refractivity contribution < 1.29 is 9.84 Å². The third-order valence-corrected chi connectivity index (χ3v) is 3.56. The van der Waals surface area contributed by atoms with Crippen molar-refractivity contribution >= 4 is 17.5 Å². The van der Waals surface area contributed by atoms with Gasteiger partial charge in [-0.25, -0.2) is 0 Å². The third kappa shape index (κ3) is 1.37. The Balaban J connectivity index is 2.28. The first-order chi connectivity index (χ1) is 8.63. The van der Waals surface area contributed by atoms with Gasteiger partial charge >= 0.3 is 0 Å². The van der Waals surface area contributed by atoms with Crippen LogP contribution in [0.3, 0.4) is 0 Å². The van der Waals surface area contributed by atoms with Crippen LogP contribution in [0, 0.1) is 6.92 Å². The van der Waals surface area contributed by atoms with Gasteiger partial charge in [0.05, 0.1) is 23.5 Å². The molecule has 0 aliphatic carbocycles. The maximum absolute atomic E-state index is 9.68. The van der Waals surface area contributed by atoms with Gasteiger partial charge in [0.25, 0.3) is 0 Å². The van der Waals surface area contributed by atoms with Gasteiger partial charge in [0.2, 0.25) is 11.8 Å². The van der Waals surface area contributed by atoms with E-state index >= 15 is 0 Å². The van der Waals surface area contributed by atoms with Crippen LogP contribution in [0.4, 0.5) is 5.95 Å². The summed E-state index contributed by atoms with van der Waals surface area (Å²) in [5.41, 5.74) is 2.53. The molecule has 1 aliphatic rings. The topological polar surface area (TPSA) is 59.3 Å². The minimum absolute atomic E-state index is 0.0253. The first kappa shape index (κ1) is 11.2. The second-order valence-electron chi connectivity index (χ2n) is 4.11. The van der Waals surface area contributed by atoms with Crippen molar-refractivity contribution in [2.45, 2.75) is 13.5 Å². The van der Waals surface area contributed by atoms with Gasteiger partial charge in [0, 0.05) is 12.1 Å². The van der Waals surface area contributed by atoms with Gasteiger partial charge in [-0.15, -0.1) is 0 Å². The molecule has 2 heterocycles. The summed E-state index contributed by atoms with van der Waals surface area (Å²) >= 11 is 6.29. The van der Waals surface area contributed by atoms with Crippen LogP contribution in [-0.2, 0) is 6.54 Å². The molecule has 1 aromatic carbocycles. The van der Waals surface area contributed by atoms with E-state index in [4.69, 9.17) is 16.3 Å². The Kier molecular flexibility index (Phi) is 2.38. The van der Waals surface area contributed by atoms with Crippen LogP contribution in [0.2, 0.25) is 5.02 Å². The highest BCUT2D eigenvalue weighted by Gasteiger charge is 2.24. The fourth-order valence-electron chi connectivity index (χ4n) is 2.20. The monoisotopic (exact) mass is 265 g/mol. The molecule has 0 bridgehead atoms. The SMILES string of the molecule is COc1ccc2c(c1Cl)CNc1nc(O)c(C)n1-2. The molecule has 0 saturated heterocycles. The Morgan fingerprint density at radius 1 is 1.50 bits per heavy atom. The van der Waals surface area contributed by atoms with Crippen molar-refractivity contribution in [3.63, 3.8) is 0 Å². The third-order valence-electron chi connectivity index (χ3n) is 3.15. The lowest BCUT2D eigenvalue weighted by Crippen LogP contribution is -2.16. The summed E-state index contributed by atoms with van der Waals surface area (Å²) in [6.07, 6.45) is 0. The molecule has 18 heavy (non-hydrogen) atoms. The van der Waals surface area contributed by atoms with Gasteiger partial charge < -0.3 is 15.2 Å². The van der Waals surface area contributed by atoms with E-state index < -0.39 is 0 Å². The lowest BCUT2D eigenvalue weighted by molar-refractivity contribution is 0.414. The molecule has 2 N–H and O–H groups in total. The van der Waals surface area contributed by atoms with E-state index in [1.165, 1.54) is 0 Å². The highest BCUT2D eigenvalue weighted by Crippen LogP contribution is 2.38. The van der Waals surface area contributed by atoms with Crippen LogP contribution in [-0.4, -0.2) is 21.8 Å². The summed E-state index contributed by atoms with van der Waals surface area (Å²) in [5, 5.41) is 13.4. The van der Waals surface area contributed by atoms with Crippen LogP contribution in [0.1, 0.15) is 11.3 Å². The number of anilines is 1. The predicted octanol–water partition coefficient (Wildman–Crippen LogP) is 2.47. The van der Waals surface area contributed by atoms with Gasteiger partial charge in [-0.2, -0.15) is 4.98 Å². The minimum atomic E-state index is 0.0253.